The Balaban J connectivity index is 1.87. The average Bonchev–Trinajstić information content (AvgIpc) is 2.97. The fourth-order valence-corrected chi connectivity index (χ4v) is 4.33. The number of fused-ring (bicyclic) bond motifs is 1. The Hall–Kier alpha value is -2.49. The Labute approximate surface area is 139 Å². The molecule has 3 heterocycles. The minimum atomic E-state index is -0.203. The number of aromatic nitrogens is 3. The second-order valence-electron chi connectivity index (χ2n) is 4.94. The molecule has 0 saturated carbocycles. The van der Waals surface area contributed by atoms with E-state index in [2.05, 4.69) is 4.98 Å². The summed E-state index contributed by atoms with van der Waals surface area (Å²) in [5.74, 6) is 0.610. The summed E-state index contributed by atoms with van der Waals surface area (Å²) in [5, 5.41) is 0. The van der Waals surface area contributed by atoms with E-state index in [1.165, 1.54) is 6.07 Å². The minimum absolute atomic E-state index is 0.177. The molecule has 0 bridgehead atoms. The van der Waals surface area contributed by atoms with Gasteiger partial charge in [-0.05, 0) is 0 Å². The Morgan fingerprint density at radius 1 is 0.913 bits per heavy atom. The van der Waals surface area contributed by atoms with Crippen LogP contribution in [0.5, 0.6) is 0 Å². The van der Waals surface area contributed by atoms with Gasteiger partial charge in [-0.25, -0.2) is 0 Å². The van der Waals surface area contributed by atoms with Crippen LogP contribution in [0.15, 0.2) is 73.1 Å². The number of benzene rings is 1. The average molecular weight is 368 g/mol. The first-order chi connectivity index (χ1) is 11.3. The van der Waals surface area contributed by atoms with E-state index in [1.54, 1.807) is 12.3 Å². The molecule has 0 atom stereocenters. The van der Waals surface area contributed by atoms with Crippen LogP contribution in [0.2, 0.25) is 0 Å². The van der Waals surface area contributed by atoms with Crippen LogP contribution in [0.1, 0.15) is 0 Å². The number of hydrogen-bond donors (Lipinski definition) is 0. The first kappa shape index (κ1) is 14.1. The van der Waals surface area contributed by atoms with E-state index in [0.29, 0.717) is 4.46 Å². The van der Waals surface area contributed by atoms with Gasteiger partial charge in [-0.15, -0.1) is 0 Å². The van der Waals surface area contributed by atoms with Crippen LogP contribution >= 0.6 is 0 Å². The molecule has 4 rings (SSSR count). The van der Waals surface area contributed by atoms with Crippen molar-refractivity contribution in [1.82, 2.24) is 14.4 Å². The van der Waals surface area contributed by atoms with Gasteiger partial charge in [0.05, 0.1) is 0 Å². The monoisotopic (exact) mass is 369 g/mol. The van der Waals surface area contributed by atoms with E-state index in [0.717, 1.165) is 21.6 Å². The summed E-state index contributed by atoms with van der Waals surface area (Å²) in [6.45, 7) is 0. The topological polar surface area (TPSA) is 30.2 Å². The van der Waals surface area contributed by atoms with Crippen LogP contribution in [0.25, 0.3) is 17.0 Å². The summed E-state index contributed by atoms with van der Waals surface area (Å²) >= 11 is -0.203. The molecule has 0 radical (unpaired) electrons. The molecule has 3 nitrogen and oxygen atoms in total. The number of halogens is 1. The molecular weight excluding hydrogens is 356 g/mol. The van der Waals surface area contributed by atoms with Gasteiger partial charge in [-0.1, -0.05) is 0 Å². The molecule has 0 aliphatic rings. The van der Waals surface area contributed by atoms with Gasteiger partial charge in [0.25, 0.3) is 0 Å². The number of nitrogens with zero attached hydrogens (tertiary/aromatic N) is 3. The van der Waals surface area contributed by atoms with Gasteiger partial charge < -0.3 is 0 Å². The molecule has 0 aliphatic heterocycles. The van der Waals surface area contributed by atoms with Gasteiger partial charge in [-0.3, -0.25) is 0 Å². The van der Waals surface area contributed by atoms with Crippen molar-refractivity contribution in [3.05, 3.63) is 78.9 Å². The van der Waals surface area contributed by atoms with Crippen molar-refractivity contribution in [2.45, 2.75) is 0 Å². The van der Waals surface area contributed by atoms with Crippen LogP contribution in [0, 0.1) is 5.82 Å². The molecule has 112 valence electrons. The molecule has 0 saturated heterocycles. The van der Waals surface area contributed by atoms with Crippen molar-refractivity contribution >= 4 is 29.5 Å². The second-order valence-corrected chi connectivity index (χ2v) is 7.11. The molecular formula is C18H12FN3Se. The van der Waals surface area contributed by atoms with E-state index >= 15 is 0 Å². The maximum atomic E-state index is 14.0. The van der Waals surface area contributed by atoms with Crippen LogP contribution in [-0.2, 0) is 0 Å². The number of rotatable bonds is 3. The second kappa shape index (κ2) is 5.95. The molecule has 0 N–H and O–H groups in total. The van der Waals surface area contributed by atoms with Gasteiger partial charge in [0, 0.05) is 0 Å². The Kier molecular flexibility index (Phi) is 3.66. The molecule has 0 aliphatic carbocycles. The standard InChI is InChI=1S/C18H12FN3Se/c19-13-7-1-2-10-16(13)23-18-15-9-4-6-12-22(15)17(21-18)14-8-3-5-11-20-14/h1-12H. The van der Waals surface area contributed by atoms with E-state index in [-0.39, 0.29) is 20.8 Å². The Morgan fingerprint density at radius 2 is 1.74 bits per heavy atom. The van der Waals surface area contributed by atoms with Gasteiger partial charge in [0.2, 0.25) is 0 Å². The van der Waals surface area contributed by atoms with Crippen molar-refractivity contribution in [2.75, 3.05) is 0 Å². The zero-order chi connectivity index (χ0) is 15.6. The quantitative estimate of drug-likeness (QED) is 0.519. The number of pyridine rings is 2. The van der Waals surface area contributed by atoms with Crippen molar-refractivity contribution < 1.29 is 4.39 Å². The summed E-state index contributed by atoms with van der Waals surface area (Å²) in [5.41, 5.74) is 1.81. The number of hydrogen-bond acceptors (Lipinski definition) is 2. The summed E-state index contributed by atoms with van der Waals surface area (Å²) in [4.78, 5) is 9.14. The SMILES string of the molecule is Fc1ccccc1[Se]c1nc(-c2ccccn2)n2ccccc12. The van der Waals surface area contributed by atoms with Crippen molar-refractivity contribution in [1.29, 1.82) is 0 Å². The first-order valence-corrected chi connectivity index (χ1v) is 8.85. The fraction of sp³-hybridized carbons (Fsp3) is 0. The van der Waals surface area contributed by atoms with Gasteiger partial charge in [0.1, 0.15) is 0 Å². The van der Waals surface area contributed by atoms with Crippen molar-refractivity contribution in [3.63, 3.8) is 0 Å². The van der Waals surface area contributed by atoms with Crippen LogP contribution in [0.4, 0.5) is 4.39 Å². The molecule has 23 heavy (non-hydrogen) atoms. The predicted molar refractivity (Wildman–Crippen MR) is 89.8 cm³/mol. The molecule has 0 spiro atoms. The normalized spacial score (nSPS) is 11.0. The summed E-state index contributed by atoms with van der Waals surface area (Å²) in [6.07, 6.45) is 3.72. The van der Waals surface area contributed by atoms with E-state index < -0.39 is 0 Å². The van der Waals surface area contributed by atoms with Crippen molar-refractivity contribution in [2.24, 2.45) is 0 Å². The third-order valence-corrected chi connectivity index (χ3v) is 5.64. The summed E-state index contributed by atoms with van der Waals surface area (Å²) in [7, 11) is 0. The van der Waals surface area contributed by atoms with Crippen LogP contribution in [-0.4, -0.2) is 29.3 Å². The third kappa shape index (κ3) is 2.65. The van der Waals surface area contributed by atoms with Crippen molar-refractivity contribution in [3.8, 4) is 11.5 Å². The molecule has 0 amide bonds. The zero-order valence-corrected chi connectivity index (χ0v) is 13.8. The Morgan fingerprint density at radius 3 is 2.57 bits per heavy atom. The molecule has 1 aromatic carbocycles. The first-order valence-electron chi connectivity index (χ1n) is 7.14. The molecule has 3 aromatic heterocycles. The van der Waals surface area contributed by atoms with E-state index in [1.807, 2.05) is 59.1 Å². The van der Waals surface area contributed by atoms with Gasteiger partial charge in [0.15, 0.2) is 0 Å². The molecule has 4 aromatic rings. The van der Waals surface area contributed by atoms with Gasteiger partial charge in [-0.2, -0.15) is 0 Å². The summed E-state index contributed by atoms with van der Waals surface area (Å²) in [6, 6.07) is 18.6. The third-order valence-electron chi connectivity index (χ3n) is 3.45. The van der Waals surface area contributed by atoms with E-state index in [4.69, 9.17) is 4.98 Å². The number of imidazole rings is 1. The van der Waals surface area contributed by atoms with E-state index in [9.17, 15) is 4.39 Å². The maximum absolute atomic E-state index is 14.0. The molecule has 5 heteroatoms. The van der Waals surface area contributed by atoms with Gasteiger partial charge >= 0.3 is 139 Å². The Bertz CT molecular complexity index is 966. The predicted octanol–water partition coefficient (Wildman–Crippen LogP) is 2.19. The van der Waals surface area contributed by atoms with Crippen LogP contribution < -0.4 is 9.05 Å². The fourth-order valence-electron chi connectivity index (χ4n) is 2.39. The molecule has 0 unspecified atom stereocenters. The summed E-state index contributed by atoms with van der Waals surface area (Å²) < 4.78 is 17.6. The zero-order valence-electron chi connectivity index (χ0n) is 12.1. The molecule has 0 fully saturated rings. The van der Waals surface area contributed by atoms with Crippen LogP contribution in [0.3, 0.4) is 0 Å².